The smallest absolute Gasteiger partial charge is 0.261 e. The average Bonchev–Trinajstić information content (AvgIpc) is 2.88. The van der Waals surface area contributed by atoms with E-state index in [4.69, 9.17) is 21.9 Å². The number of nitrogen functional groups attached to an aromatic ring is 1. The van der Waals surface area contributed by atoms with Crippen LogP contribution < -0.4 is 5.73 Å². The van der Waals surface area contributed by atoms with Crippen molar-refractivity contribution in [3.05, 3.63) is 53.3 Å². The van der Waals surface area contributed by atoms with E-state index in [1.165, 1.54) is 12.1 Å². The Bertz CT molecular complexity index is 773. The molecule has 0 amide bonds. The van der Waals surface area contributed by atoms with Crippen LogP contribution in [0.25, 0.3) is 22.8 Å². The SMILES string of the molecule is Nc1cccc(-c2noc(-c3ccc(Cl)cc3F)n2)c1. The minimum Gasteiger partial charge on any atom is -0.399 e. The van der Waals surface area contributed by atoms with E-state index in [1.54, 1.807) is 30.3 Å². The van der Waals surface area contributed by atoms with E-state index in [2.05, 4.69) is 10.1 Å². The second-order valence-corrected chi connectivity index (χ2v) is 4.61. The van der Waals surface area contributed by atoms with Gasteiger partial charge >= 0.3 is 0 Å². The third-order valence-corrected chi connectivity index (χ3v) is 2.97. The molecule has 0 bridgehead atoms. The summed E-state index contributed by atoms with van der Waals surface area (Å²) in [5.41, 5.74) is 7.19. The van der Waals surface area contributed by atoms with Gasteiger partial charge in [-0.25, -0.2) is 4.39 Å². The quantitative estimate of drug-likeness (QED) is 0.729. The second-order valence-electron chi connectivity index (χ2n) is 4.17. The molecule has 1 heterocycles. The predicted octanol–water partition coefficient (Wildman–Crippen LogP) is 3.78. The van der Waals surface area contributed by atoms with Gasteiger partial charge in [0.15, 0.2) is 0 Å². The molecule has 6 heteroatoms. The Morgan fingerprint density at radius 3 is 2.75 bits per heavy atom. The van der Waals surface area contributed by atoms with Crippen molar-refractivity contribution in [2.24, 2.45) is 0 Å². The van der Waals surface area contributed by atoms with Gasteiger partial charge in [0, 0.05) is 16.3 Å². The van der Waals surface area contributed by atoms with Gasteiger partial charge in [-0.05, 0) is 30.3 Å². The maximum Gasteiger partial charge on any atom is 0.261 e. The largest absolute Gasteiger partial charge is 0.399 e. The molecule has 0 fully saturated rings. The molecule has 3 aromatic rings. The van der Waals surface area contributed by atoms with Gasteiger partial charge in [-0.15, -0.1) is 0 Å². The molecule has 0 atom stereocenters. The van der Waals surface area contributed by atoms with Crippen LogP contribution in [0, 0.1) is 5.82 Å². The van der Waals surface area contributed by atoms with Crippen molar-refractivity contribution in [3.63, 3.8) is 0 Å². The van der Waals surface area contributed by atoms with Crippen molar-refractivity contribution < 1.29 is 8.91 Å². The predicted molar refractivity (Wildman–Crippen MR) is 74.6 cm³/mol. The van der Waals surface area contributed by atoms with E-state index >= 15 is 0 Å². The lowest BCUT2D eigenvalue weighted by molar-refractivity contribution is 0.429. The number of anilines is 1. The molecule has 1 aromatic heterocycles. The van der Waals surface area contributed by atoms with Crippen LogP contribution in [-0.2, 0) is 0 Å². The second kappa shape index (κ2) is 4.94. The van der Waals surface area contributed by atoms with Gasteiger partial charge in [-0.3, -0.25) is 0 Å². The zero-order valence-electron chi connectivity index (χ0n) is 10.2. The van der Waals surface area contributed by atoms with Gasteiger partial charge in [0.2, 0.25) is 5.82 Å². The Labute approximate surface area is 119 Å². The van der Waals surface area contributed by atoms with Crippen LogP contribution in [0.15, 0.2) is 47.0 Å². The lowest BCUT2D eigenvalue weighted by atomic mass is 10.2. The summed E-state index contributed by atoms with van der Waals surface area (Å²) in [7, 11) is 0. The molecule has 0 aliphatic rings. The molecule has 0 saturated heterocycles. The Hall–Kier alpha value is -2.40. The Balaban J connectivity index is 2.02. The van der Waals surface area contributed by atoms with Crippen molar-refractivity contribution in [1.29, 1.82) is 0 Å². The summed E-state index contributed by atoms with van der Waals surface area (Å²) in [6, 6.07) is 11.3. The van der Waals surface area contributed by atoms with Crippen molar-refractivity contribution in [2.75, 3.05) is 5.73 Å². The summed E-state index contributed by atoms with van der Waals surface area (Å²) < 4.78 is 18.9. The Kier molecular flexibility index (Phi) is 3.12. The van der Waals surface area contributed by atoms with Crippen molar-refractivity contribution in [3.8, 4) is 22.8 Å². The van der Waals surface area contributed by atoms with Crippen LogP contribution >= 0.6 is 11.6 Å². The molecule has 3 rings (SSSR count). The molecule has 0 aliphatic heterocycles. The molecule has 2 aromatic carbocycles. The van der Waals surface area contributed by atoms with Crippen LogP contribution in [0.5, 0.6) is 0 Å². The van der Waals surface area contributed by atoms with Crippen molar-refractivity contribution >= 4 is 17.3 Å². The van der Waals surface area contributed by atoms with E-state index in [0.717, 1.165) is 0 Å². The van der Waals surface area contributed by atoms with Crippen LogP contribution in [0.1, 0.15) is 0 Å². The number of nitrogens with two attached hydrogens (primary N) is 1. The number of hydrogen-bond acceptors (Lipinski definition) is 4. The first-order valence-electron chi connectivity index (χ1n) is 5.78. The van der Waals surface area contributed by atoms with Crippen molar-refractivity contribution in [1.82, 2.24) is 10.1 Å². The molecule has 20 heavy (non-hydrogen) atoms. The molecule has 0 radical (unpaired) electrons. The number of halogens is 2. The molecular formula is C14H9ClFN3O. The first kappa shape index (κ1) is 12.6. The summed E-state index contributed by atoms with van der Waals surface area (Å²) in [6.45, 7) is 0. The molecule has 4 nitrogen and oxygen atoms in total. The van der Waals surface area contributed by atoms with Gasteiger partial charge in [0.1, 0.15) is 5.82 Å². The summed E-state index contributed by atoms with van der Waals surface area (Å²) in [6.07, 6.45) is 0. The van der Waals surface area contributed by atoms with E-state index in [-0.39, 0.29) is 11.5 Å². The fourth-order valence-corrected chi connectivity index (χ4v) is 1.95. The monoisotopic (exact) mass is 289 g/mol. The van der Waals surface area contributed by atoms with Crippen LogP contribution in [0.2, 0.25) is 5.02 Å². The Morgan fingerprint density at radius 2 is 2.00 bits per heavy atom. The van der Waals surface area contributed by atoms with Gasteiger partial charge in [0.25, 0.3) is 5.89 Å². The highest BCUT2D eigenvalue weighted by molar-refractivity contribution is 6.30. The average molecular weight is 290 g/mol. The first-order valence-corrected chi connectivity index (χ1v) is 6.16. The maximum atomic E-state index is 13.8. The van der Waals surface area contributed by atoms with Gasteiger partial charge < -0.3 is 10.3 Å². The minimum absolute atomic E-state index is 0.0941. The number of rotatable bonds is 2. The number of benzene rings is 2. The zero-order chi connectivity index (χ0) is 14.1. The molecule has 0 spiro atoms. The van der Waals surface area contributed by atoms with E-state index in [9.17, 15) is 4.39 Å². The number of hydrogen-bond donors (Lipinski definition) is 1. The number of aromatic nitrogens is 2. The van der Waals surface area contributed by atoms with Gasteiger partial charge in [-0.1, -0.05) is 28.9 Å². The molecule has 100 valence electrons. The normalized spacial score (nSPS) is 10.7. The van der Waals surface area contributed by atoms with Crippen molar-refractivity contribution in [2.45, 2.75) is 0 Å². The highest BCUT2D eigenvalue weighted by Crippen LogP contribution is 2.26. The number of nitrogens with zero attached hydrogens (tertiary/aromatic N) is 2. The molecule has 0 aliphatic carbocycles. The topological polar surface area (TPSA) is 64.9 Å². The first-order chi connectivity index (χ1) is 9.63. The lowest BCUT2D eigenvalue weighted by Crippen LogP contribution is -1.87. The third kappa shape index (κ3) is 2.35. The molecular weight excluding hydrogens is 281 g/mol. The van der Waals surface area contributed by atoms with E-state index in [1.807, 2.05) is 0 Å². The third-order valence-electron chi connectivity index (χ3n) is 2.73. The summed E-state index contributed by atoms with van der Waals surface area (Å²) in [4.78, 5) is 4.17. The molecule has 2 N–H and O–H groups in total. The minimum atomic E-state index is -0.514. The zero-order valence-corrected chi connectivity index (χ0v) is 10.9. The summed E-state index contributed by atoms with van der Waals surface area (Å²) in [5.74, 6) is -0.0708. The standard InChI is InChI=1S/C14H9ClFN3O/c15-9-4-5-11(12(16)7-9)14-18-13(19-20-14)8-2-1-3-10(17)6-8/h1-7H,17H2. The Morgan fingerprint density at radius 1 is 1.15 bits per heavy atom. The molecule has 0 unspecified atom stereocenters. The van der Waals surface area contributed by atoms with Crippen LogP contribution in [0.3, 0.4) is 0 Å². The van der Waals surface area contributed by atoms with Crippen LogP contribution in [0.4, 0.5) is 10.1 Å². The highest BCUT2D eigenvalue weighted by Gasteiger charge is 2.14. The highest BCUT2D eigenvalue weighted by atomic mass is 35.5. The fraction of sp³-hybridized carbons (Fsp3) is 0. The summed E-state index contributed by atoms with van der Waals surface area (Å²) >= 11 is 5.70. The van der Waals surface area contributed by atoms with Gasteiger partial charge in [-0.2, -0.15) is 4.98 Å². The maximum absolute atomic E-state index is 13.8. The lowest BCUT2D eigenvalue weighted by Gasteiger charge is -1.97. The van der Waals surface area contributed by atoms with E-state index < -0.39 is 5.82 Å². The molecule has 0 saturated carbocycles. The van der Waals surface area contributed by atoms with Gasteiger partial charge in [0.05, 0.1) is 5.56 Å². The summed E-state index contributed by atoms with van der Waals surface area (Å²) in [5, 5.41) is 4.13. The van der Waals surface area contributed by atoms with Crippen LogP contribution in [-0.4, -0.2) is 10.1 Å². The van der Waals surface area contributed by atoms with E-state index in [0.29, 0.717) is 22.1 Å². The fourth-order valence-electron chi connectivity index (χ4n) is 1.79.